The van der Waals surface area contributed by atoms with Crippen LogP contribution in [0.1, 0.15) is 18.5 Å². The molecule has 29 heavy (non-hydrogen) atoms. The Labute approximate surface area is 182 Å². The van der Waals surface area contributed by atoms with Crippen LogP contribution in [0.3, 0.4) is 0 Å². The number of methoxy groups -OCH3 is 1. The third kappa shape index (κ3) is 3.70. The van der Waals surface area contributed by atoms with E-state index >= 15 is 0 Å². The van der Waals surface area contributed by atoms with Gasteiger partial charge in [0.2, 0.25) is 0 Å². The summed E-state index contributed by atoms with van der Waals surface area (Å²) in [5.41, 5.74) is 2.89. The monoisotopic (exact) mass is 474 g/mol. The van der Waals surface area contributed by atoms with E-state index in [-0.39, 0.29) is 0 Å². The molecule has 2 aromatic rings. The summed E-state index contributed by atoms with van der Waals surface area (Å²) in [4.78, 5) is 14.5. The van der Waals surface area contributed by atoms with Gasteiger partial charge in [0.1, 0.15) is 13.2 Å². The fourth-order valence-corrected chi connectivity index (χ4v) is 4.13. The third-order valence-corrected chi connectivity index (χ3v) is 5.71. The fourth-order valence-electron chi connectivity index (χ4n) is 3.50. The summed E-state index contributed by atoms with van der Waals surface area (Å²) < 4.78 is 17.3. The molecule has 0 saturated carbocycles. The molecule has 2 heterocycles. The minimum Gasteiger partial charge on any atom is -0.486 e. The van der Waals surface area contributed by atoms with Crippen LogP contribution in [-0.2, 0) is 9.53 Å². The van der Waals surface area contributed by atoms with E-state index in [1.807, 2.05) is 54.3 Å². The smallest absolute Gasteiger partial charge is 0.337 e. The zero-order valence-corrected chi connectivity index (χ0v) is 18.3. The van der Waals surface area contributed by atoms with Crippen molar-refractivity contribution in [2.45, 2.75) is 13.0 Å². The van der Waals surface area contributed by atoms with Crippen molar-refractivity contribution in [1.29, 1.82) is 0 Å². The third-order valence-electron chi connectivity index (χ3n) is 4.88. The number of fused-ring (bicyclic) bond motifs is 1. The summed E-state index contributed by atoms with van der Waals surface area (Å²) >= 11 is 9.11. The predicted molar refractivity (Wildman–Crippen MR) is 117 cm³/mol. The second-order valence-corrected chi connectivity index (χ2v) is 7.89. The summed E-state index contributed by atoms with van der Waals surface area (Å²) in [6.07, 6.45) is 0. The molecule has 0 bridgehead atoms. The van der Waals surface area contributed by atoms with Gasteiger partial charge in [0.25, 0.3) is 0 Å². The molecule has 0 amide bonds. The molecule has 2 aliphatic rings. The highest BCUT2D eigenvalue weighted by molar-refractivity contribution is 9.10. The zero-order chi connectivity index (χ0) is 20.5. The van der Waals surface area contributed by atoms with Crippen LogP contribution in [0, 0.1) is 0 Å². The van der Waals surface area contributed by atoms with Gasteiger partial charge in [0.05, 0.1) is 24.4 Å². The van der Waals surface area contributed by atoms with E-state index in [2.05, 4.69) is 21.2 Å². The number of allylic oxidation sites excluding steroid dienone is 1. The van der Waals surface area contributed by atoms with E-state index in [0.717, 1.165) is 15.7 Å². The highest BCUT2D eigenvalue weighted by Gasteiger charge is 2.35. The Bertz CT molecular complexity index is 1010. The maximum Gasteiger partial charge on any atom is 0.337 e. The largest absolute Gasteiger partial charge is 0.486 e. The number of rotatable bonds is 3. The first kappa shape index (κ1) is 19.7. The molecule has 2 aliphatic heterocycles. The quantitative estimate of drug-likeness (QED) is 0.530. The highest BCUT2D eigenvalue weighted by atomic mass is 79.9. The topological polar surface area (TPSA) is 60.0 Å². The van der Waals surface area contributed by atoms with Crippen LogP contribution in [0.25, 0.3) is 0 Å². The number of anilines is 1. The summed E-state index contributed by atoms with van der Waals surface area (Å²) in [5, 5.41) is 3.77. The van der Waals surface area contributed by atoms with Gasteiger partial charge in [-0.1, -0.05) is 28.1 Å². The Morgan fingerprint density at radius 2 is 1.86 bits per heavy atom. The number of thiocarbonyl (C=S) groups is 1. The number of benzene rings is 2. The van der Waals surface area contributed by atoms with Crippen LogP contribution in [0.5, 0.6) is 11.5 Å². The lowest BCUT2D eigenvalue weighted by atomic mass is 9.95. The molecule has 4 rings (SSSR count). The second-order valence-electron chi connectivity index (χ2n) is 6.59. The zero-order valence-electron chi connectivity index (χ0n) is 15.9. The van der Waals surface area contributed by atoms with Crippen LogP contribution in [0.4, 0.5) is 5.69 Å². The SMILES string of the molecule is COC(=O)C1=C(C)N(c2ccc3c(c2)OCCO3)C(=S)N[C@H]1c1ccc(Br)cc1. The molecule has 0 aliphatic carbocycles. The van der Waals surface area contributed by atoms with Gasteiger partial charge in [0.15, 0.2) is 16.6 Å². The highest BCUT2D eigenvalue weighted by Crippen LogP contribution is 2.38. The van der Waals surface area contributed by atoms with Crippen molar-refractivity contribution in [3.05, 3.63) is 63.8 Å². The minimum absolute atomic E-state index is 0.406. The van der Waals surface area contributed by atoms with Crippen LogP contribution in [0.15, 0.2) is 58.2 Å². The normalized spacial score (nSPS) is 18.4. The molecule has 150 valence electrons. The number of nitrogens with one attached hydrogen (secondary N) is 1. The molecule has 0 spiro atoms. The van der Waals surface area contributed by atoms with E-state index in [1.54, 1.807) is 0 Å². The summed E-state index contributed by atoms with van der Waals surface area (Å²) in [6, 6.07) is 12.9. The number of esters is 1. The van der Waals surface area contributed by atoms with Gasteiger partial charge in [-0.25, -0.2) is 4.79 Å². The maximum absolute atomic E-state index is 12.7. The minimum atomic E-state index is -0.409. The number of halogens is 1. The van der Waals surface area contributed by atoms with Crippen molar-refractivity contribution in [1.82, 2.24) is 5.32 Å². The van der Waals surface area contributed by atoms with Crippen molar-refractivity contribution in [3.8, 4) is 11.5 Å². The lowest BCUT2D eigenvalue weighted by Crippen LogP contribution is -2.48. The standard InChI is InChI=1S/C21H19BrN2O4S/c1-12-18(20(25)26-2)19(13-3-5-14(22)6-4-13)23-21(29)24(12)15-7-8-16-17(11-15)28-10-9-27-16/h3-8,11,19H,9-10H2,1-2H3,(H,23,29)/t19-/m0/s1. The molecule has 8 heteroatoms. The Kier molecular flexibility index (Phi) is 5.47. The molecule has 1 atom stereocenters. The molecule has 0 fully saturated rings. The molecule has 0 radical (unpaired) electrons. The molecular formula is C21H19BrN2O4S. The van der Waals surface area contributed by atoms with Crippen molar-refractivity contribution in [2.24, 2.45) is 0 Å². The number of carbonyl (C=O) groups excluding carboxylic acids is 1. The van der Waals surface area contributed by atoms with Gasteiger partial charge in [-0.15, -0.1) is 0 Å². The van der Waals surface area contributed by atoms with Gasteiger partial charge >= 0.3 is 5.97 Å². The second kappa shape index (κ2) is 8.04. The summed E-state index contributed by atoms with van der Waals surface area (Å²) in [5.74, 6) is 0.936. The molecule has 2 aromatic carbocycles. The van der Waals surface area contributed by atoms with E-state index in [0.29, 0.717) is 41.1 Å². The van der Waals surface area contributed by atoms with E-state index in [9.17, 15) is 4.79 Å². The van der Waals surface area contributed by atoms with Crippen LogP contribution in [-0.4, -0.2) is 31.4 Å². The Hall–Kier alpha value is -2.58. The van der Waals surface area contributed by atoms with Crippen molar-refractivity contribution < 1.29 is 19.0 Å². The molecule has 0 saturated heterocycles. The van der Waals surface area contributed by atoms with E-state index in [4.69, 9.17) is 26.4 Å². The van der Waals surface area contributed by atoms with Crippen LogP contribution >= 0.6 is 28.1 Å². The maximum atomic E-state index is 12.7. The van der Waals surface area contributed by atoms with Gasteiger partial charge in [-0.05, 0) is 49.0 Å². The Morgan fingerprint density at radius 3 is 2.55 bits per heavy atom. The lowest BCUT2D eigenvalue weighted by molar-refractivity contribution is -0.136. The average Bonchev–Trinajstić information content (AvgIpc) is 2.73. The molecule has 0 unspecified atom stereocenters. The summed E-state index contributed by atoms with van der Waals surface area (Å²) in [7, 11) is 1.38. The van der Waals surface area contributed by atoms with Gasteiger partial charge < -0.3 is 19.5 Å². The number of carbonyl (C=O) groups is 1. The van der Waals surface area contributed by atoms with Crippen LogP contribution in [0.2, 0.25) is 0 Å². The summed E-state index contributed by atoms with van der Waals surface area (Å²) in [6.45, 7) is 2.88. The number of hydrogen-bond donors (Lipinski definition) is 1. The first-order valence-electron chi connectivity index (χ1n) is 9.04. The van der Waals surface area contributed by atoms with E-state index in [1.165, 1.54) is 7.11 Å². The van der Waals surface area contributed by atoms with Crippen molar-refractivity contribution in [2.75, 3.05) is 25.2 Å². The van der Waals surface area contributed by atoms with Crippen LogP contribution < -0.4 is 19.7 Å². The average molecular weight is 475 g/mol. The fraction of sp³-hybridized carbons (Fsp3) is 0.238. The molecular weight excluding hydrogens is 456 g/mol. The van der Waals surface area contributed by atoms with Gasteiger partial charge in [-0.2, -0.15) is 0 Å². The Morgan fingerprint density at radius 1 is 1.17 bits per heavy atom. The lowest BCUT2D eigenvalue weighted by Gasteiger charge is -2.37. The van der Waals surface area contributed by atoms with Crippen molar-refractivity contribution in [3.63, 3.8) is 0 Å². The first-order valence-corrected chi connectivity index (χ1v) is 10.2. The van der Waals surface area contributed by atoms with Gasteiger partial charge in [-0.3, -0.25) is 4.90 Å². The number of ether oxygens (including phenoxy) is 3. The Balaban J connectivity index is 1.80. The number of hydrogen-bond acceptors (Lipinski definition) is 5. The predicted octanol–water partition coefficient (Wildman–Crippen LogP) is 4.10. The molecule has 1 N–H and O–H groups in total. The van der Waals surface area contributed by atoms with Crippen molar-refractivity contribution >= 4 is 44.9 Å². The van der Waals surface area contributed by atoms with E-state index < -0.39 is 12.0 Å². The van der Waals surface area contributed by atoms with Gasteiger partial charge in [0, 0.05) is 16.2 Å². The molecule has 0 aromatic heterocycles. The number of nitrogens with zero attached hydrogens (tertiary/aromatic N) is 1. The first-order chi connectivity index (χ1) is 14.0. The molecule has 6 nitrogen and oxygen atoms in total.